The van der Waals surface area contributed by atoms with Crippen molar-refractivity contribution in [1.82, 2.24) is 4.90 Å². The molecule has 0 aliphatic heterocycles. The Kier molecular flexibility index (Phi) is 5.32. The van der Waals surface area contributed by atoms with Gasteiger partial charge in [0.1, 0.15) is 0 Å². The Morgan fingerprint density at radius 1 is 1.19 bits per heavy atom. The van der Waals surface area contributed by atoms with Crippen molar-refractivity contribution in [3.8, 4) is 0 Å². The van der Waals surface area contributed by atoms with Crippen LogP contribution in [0.2, 0.25) is 15.1 Å². The molecule has 1 amide bonds. The predicted molar refractivity (Wildman–Crippen MR) is 82.3 cm³/mol. The fraction of sp³-hybridized carbons (Fsp3) is 0.385. The number of anilines is 1. The van der Waals surface area contributed by atoms with E-state index < -0.39 is 5.97 Å². The van der Waals surface area contributed by atoms with Crippen molar-refractivity contribution in [2.24, 2.45) is 0 Å². The Balaban J connectivity index is 2.02. The highest BCUT2D eigenvalue weighted by Gasteiger charge is 2.31. The lowest BCUT2D eigenvalue weighted by Crippen LogP contribution is -2.38. The molecule has 1 aromatic rings. The van der Waals surface area contributed by atoms with E-state index in [0.717, 1.165) is 12.8 Å². The number of nitrogens with zero attached hydrogens (tertiary/aromatic N) is 1. The number of carbonyl (C=O) groups excluding carboxylic acids is 1. The number of hydrogen-bond acceptors (Lipinski definition) is 3. The van der Waals surface area contributed by atoms with Crippen molar-refractivity contribution in [2.75, 3.05) is 18.4 Å². The molecule has 8 heteroatoms. The maximum atomic E-state index is 12.0. The SMILES string of the molecule is O=C(O)CN(CC(=O)Nc1c(Cl)cc(Cl)cc1Cl)C1CC1. The second-order valence-electron chi connectivity index (χ2n) is 4.82. The van der Waals surface area contributed by atoms with Crippen LogP contribution >= 0.6 is 34.8 Å². The molecule has 0 unspecified atom stereocenters. The third-order valence-corrected chi connectivity index (χ3v) is 3.83. The van der Waals surface area contributed by atoms with Gasteiger partial charge in [0.15, 0.2) is 0 Å². The molecule has 0 bridgehead atoms. The molecular weight excluding hydrogens is 339 g/mol. The van der Waals surface area contributed by atoms with Gasteiger partial charge in [0.2, 0.25) is 5.91 Å². The van der Waals surface area contributed by atoms with Gasteiger partial charge in [-0.3, -0.25) is 14.5 Å². The monoisotopic (exact) mass is 350 g/mol. The van der Waals surface area contributed by atoms with Crippen LogP contribution in [0.4, 0.5) is 5.69 Å². The van der Waals surface area contributed by atoms with E-state index in [-0.39, 0.29) is 40.8 Å². The van der Waals surface area contributed by atoms with Crippen LogP contribution < -0.4 is 5.32 Å². The molecule has 21 heavy (non-hydrogen) atoms. The zero-order valence-electron chi connectivity index (χ0n) is 10.9. The second-order valence-corrected chi connectivity index (χ2v) is 6.07. The van der Waals surface area contributed by atoms with E-state index in [1.807, 2.05) is 0 Å². The van der Waals surface area contributed by atoms with Crippen LogP contribution in [-0.2, 0) is 9.59 Å². The Labute approximate surface area is 136 Å². The van der Waals surface area contributed by atoms with Crippen LogP contribution in [0.5, 0.6) is 0 Å². The number of halogens is 3. The van der Waals surface area contributed by atoms with Gasteiger partial charge < -0.3 is 10.4 Å². The van der Waals surface area contributed by atoms with Crippen LogP contribution in [0.15, 0.2) is 12.1 Å². The minimum atomic E-state index is -0.961. The molecule has 1 aliphatic rings. The van der Waals surface area contributed by atoms with Gasteiger partial charge in [-0.1, -0.05) is 34.8 Å². The van der Waals surface area contributed by atoms with E-state index in [1.165, 1.54) is 12.1 Å². The van der Waals surface area contributed by atoms with E-state index in [9.17, 15) is 9.59 Å². The first-order valence-corrected chi connectivity index (χ1v) is 7.40. The summed E-state index contributed by atoms with van der Waals surface area (Å²) in [5.41, 5.74) is 0.277. The number of amides is 1. The van der Waals surface area contributed by atoms with E-state index >= 15 is 0 Å². The van der Waals surface area contributed by atoms with E-state index in [4.69, 9.17) is 39.9 Å². The van der Waals surface area contributed by atoms with E-state index in [2.05, 4.69) is 5.32 Å². The number of nitrogens with one attached hydrogen (secondary N) is 1. The van der Waals surface area contributed by atoms with Gasteiger partial charge >= 0.3 is 5.97 Å². The number of rotatable bonds is 6. The Bertz CT molecular complexity index is 553. The molecule has 1 saturated carbocycles. The summed E-state index contributed by atoms with van der Waals surface area (Å²) in [6.45, 7) is -0.188. The molecule has 0 saturated heterocycles. The lowest BCUT2D eigenvalue weighted by Gasteiger charge is -2.19. The first-order chi connectivity index (χ1) is 9.86. The highest BCUT2D eigenvalue weighted by atomic mass is 35.5. The number of aliphatic carboxylic acids is 1. The number of hydrogen-bond donors (Lipinski definition) is 2. The number of carboxylic acids is 1. The summed E-state index contributed by atoms with van der Waals surface area (Å²) in [4.78, 5) is 24.4. The minimum absolute atomic E-state index is 0.0216. The first kappa shape index (κ1) is 16.4. The lowest BCUT2D eigenvalue weighted by molar-refractivity contribution is -0.138. The van der Waals surface area contributed by atoms with Crippen LogP contribution in [0, 0.1) is 0 Å². The number of carbonyl (C=O) groups is 2. The third kappa shape index (κ3) is 4.74. The molecule has 114 valence electrons. The summed E-state index contributed by atoms with van der Waals surface area (Å²) in [7, 11) is 0. The van der Waals surface area contributed by atoms with Gasteiger partial charge in [-0.05, 0) is 25.0 Å². The summed E-state index contributed by atoms with van der Waals surface area (Å²) in [6.07, 6.45) is 1.81. The molecule has 2 rings (SSSR count). The Morgan fingerprint density at radius 2 is 1.76 bits per heavy atom. The fourth-order valence-corrected chi connectivity index (χ4v) is 2.86. The zero-order chi connectivity index (χ0) is 15.6. The average molecular weight is 352 g/mol. The molecular formula is C13H13Cl3N2O3. The van der Waals surface area contributed by atoms with Crippen LogP contribution in [0.3, 0.4) is 0 Å². The predicted octanol–water partition coefficient (Wildman–Crippen LogP) is 3.13. The van der Waals surface area contributed by atoms with Crippen molar-refractivity contribution in [1.29, 1.82) is 0 Å². The molecule has 0 aromatic heterocycles. The normalized spacial score (nSPS) is 14.3. The van der Waals surface area contributed by atoms with Crippen molar-refractivity contribution >= 4 is 52.4 Å². The highest BCUT2D eigenvalue weighted by molar-refractivity contribution is 6.42. The maximum absolute atomic E-state index is 12.0. The molecule has 1 fully saturated rings. The molecule has 0 atom stereocenters. The van der Waals surface area contributed by atoms with Crippen molar-refractivity contribution in [3.63, 3.8) is 0 Å². The Morgan fingerprint density at radius 3 is 2.24 bits per heavy atom. The van der Waals surface area contributed by atoms with E-state index in [1.54, 1.807) is 4.90 Å². The van der Waals surface area contributed by atoms with Crippen LogP contribution in [-0.4, -0.2) is 41.0 Å². The smallest absolute Gasteiger partial charge is 0.317 e. The van der Waals surface area contributed by atoms with Gasteiger partial charge in [0, 0.05) is 11.1 Å². The average Bonchev–Trinajstić information content (AvgIpc) is 3.16. The first-order valence-electron chi connectivity index (χ1n) is 6.27. The third-order valence-electron chi connectivity index (χ3n) is 3.02. The summed E-state index contributed by atoms with van der Waals surface area (Å²) in [6, 6.07) is 3.10. The van der Waals surface area contributed by atoms with Gasteiger partial charge in [0.05, 0.1) is 28.8 Å². The van der Waals surface area contributed by atoms with Gasteiger partial charge in [-0.25, -0.2) is 0 Å². The van der Waals surface area contributed by atoms with E-state index in [0.29, 0.717) is 5.02 Å². The summed E-state index contributed by atoms with van der Waals surface area (Å²) < 4.78 is 0. The molecule has 5 nitrogen and oxygen atoms in total. The quantitative estimate of drug-likeness (QED) is 0.826. The standard InChI is InChI=1S/C13H13Cl3N2O3/c14-7-3-9(15)13(10(16)4-7)17-11(19)5-18(6-12(20)21)8-1-2-8/h3-4,8H,1-2,5-6H2,(H,17,19)(H,20,21). The largest absolute Gasteiger partial charge is 0.480 e. The van der Waals surface area contributed by atoms with Crippen molar-refractivity contribution < 1.29 is 14.7 Å². The minimum Gasteiger partial charge on any atom is -0.480 e. The zero-order valence-corrected chi connectivity index (χ0v) is 13.2. The molecule has 0 spiro atoms. The Hall–Kier alpha value is -1.01. The molecule has 1 aromatic carbocycles. The van der Waals surface area contributed by atoms with Gasteiger partial charge in [-0.15, -0.1) is 0 Å². The van der Waals surface area contributed by atoms with Gasteiger partial charge in [-0.2, -0.15) is 0 Å². The van der Waals surface area contributed by atoms with Crippen LogP contribution in [0.25, 0.3) is 0 Å². The maximum Gasteiger partial charge on any atom is 0.317 e. The summed E-state index contributed by atoms with van der Waals surface area (Å²) in [5, 5.41) is 12.3. The lowest BCUT2D eigenvalue weighted by atomic mass is 10.3. The second kappa shape index (κ2) is 6.83. The summed E-state index contributed by atoms with van der Waals surface area (Å²) >= 11 is 17.8. The van der Waals surface area contributed by atoms with Crippen molar-refractivity contribution in [2.45, 2.75) is 18.9 Å². The molecule has 2 N–H and O–H groups in total. The molecule has 1 aliphatic carbocycles. The summed E-state index contributed by atoms with van der Waals surface area (Å²) in [5.74, 6) is -1.33. The number of benzene rings is 1. The molecule has 0 radical (unpaired) electrons. The van der Waals surface area contributed by atoms with Gasteiger partial charge in [0.25, 0.3) is 0 Å². The number of carboxylic acid groups (broad SMARTS) is 1. The van der Waals surface area contributed by atoms with Crippen molar-refractivity contribution in [3.05, 3.63) is 27.2 Å². The molecule has 0 heterocycles. The highest BCUT2D eigenvalue weighted by Crippen LogP contribution is 2.33. The van der Waals surface area contributed by atoms with Crippen LogP contribution in [0.1, 0.15) is 12.8 Å². The topological polar surface area (TPSA) is 69.6 Å². The fourth-order valence-electron chi connectivity index (χ4n) is 1.95.